The van der Waals surface area contributed by atoms with E-state index < -0.39 is 11.6 Å². The van der Waals surface area contributed by atoms with Crippen LogP contribution in [0.2, 0.25) is 0 Å². The minimum Gasteiger partial charge on any atom is -0.489 e. The summed E-state index contributed by atoms with van der Waals surface area (Å²) in [6.45, 7) is -0.141. The normalized spacial score (nSPS) is 10.1. The van der Waals surface area contributed by atoms with Crippen LogP contribution < -0.4 is 14.8 Å². The molecule has 2 aromatic rings. The minimum atomic E-state index is -0.660. The van der Waals surface area contributed by atoms with Crippen LogP contribution in [0.25, 0.3) is 0 Å². The smallest absolute Gasteiger partial charge is 0.257 e. The van der Waals surface area contributed by atoms with Gasteiger partial charge in [0, 0.05) is 24.7 Å². The zero-order valence-electron chi connectivity index (χ0n) is 11.9. The predicted octanol–water partition coefficient (Wildman–Crippen LogP) is 2.67. The molecule has 0 unspecified atom stereocenters. The molecule has 0 aliphatic carbocycles. The molecule has 2 rings (SSSR count). The molecule has 0 radical (unpaired) electrons. The molecular weight excluding hydrogens is 292 g/mol. The summed E-state index contributed by atoms with van der Waals surface area (Å²) in [5, 5.41) is 2.44. The molecule has 116 valence electrons. The summed E-state index contributed by atoms with van der Waals surface area (Å²) in [4.78, 5) is 11.1. The maximum atomic E-state index is 13.5. The van der Waals surface area contributed by atoms with Gasteiger partial charge in [0.2, 0.25) is 0 Å². The number of hydrogen-bond donors (Lipinski definition) is 1. The van der Waals surface area contributed by atoms with Crippen LogP contribution in [0.3, 0.4) is 0 Å². The zero-order chi connectivity index (χ0) is 15.9. The van der Waals surface area contributed by atoms with Gasteiger partial charge in [-0.15, -0.1) is 0 Å². The SMILES string of the molecule is CNC(=O)COc1cccc(OCc2ccc(F)cc2F)c1. The molecule has 6 heteroatoms. The lowest BCUT2D eigenvalue weighted by atomic mass is 10.2. The topological polar surface area (TPSA) is 47.6 Å². The van der Waals surface area contributed by atoms with Crippen LogP contribution in [0.15, 0.2) is 42.5 Å². The van der Waals surface area contributed by atoms with Crippen molar-refractivity contribution in [2.45, 2.75) is 6.61 Å². The van der Waals surface area contributed by atoms with Crippen molar-refractivity contribution in [3.05, 3.63) is 59.7 Å². The highest BCUT2D eigenvalue weighted by molar-refractivity contribution is 5.77. The van der Waals surface area contributed by atoms with E-state index in [1.165, 1.54) is 19.2 Å². The fourth-order valence-corrected chi connectivity index (χ4v) is 1.67. The van der Waals surface area contributed by atoms with Crippen LogP contribution in [-0.4, -0.2) is 19.6 Å². The third kappa shape index (κ3) is 4.44. The number of likely N-dealkylation sites (N-methyl/N-ethyl adjacent to an activating group) is 1. The molecule has 0 aromatic heterocycles. The Balaban J connectivity index is 1.96. The second kappa shape index (κ2) is 7.40. The first-order chi connectivity index (χ1) is 10.6. The van der Waals surface area contributed by atoms with Crippen LogP contribution in [-0.2, 0) is 11.4 Å². The summed E-state index contributed by atoms with van der Waals surface area (Å²) in [6.07, 6.45) is 0. The van der Waals surface area contributed by atoms with Gasteiger partial charge in [0.15, 0.2) is 6.61 Å². The van der Waals surface area contributed by atoms with Gasteiger partial charge in [0.1, 0.15) is 29.7 Å². The van der Waals surface area contributed by atoms with Crippen molar-refractivity contribution in [1.29, 1.82) is 0 Å². The van der Waals surface area contributed by atoms with Gasteiger partial charge in [-0.3, -0.25) is 4.79 Å². The first-order valence-corrected chi connectivity index (χ1v) is 6.58. The van der Waals surface area contributed by atoms with Crippen molar-refractivity contribution in [3.63, 3.8) is 0 Å². The number of amides is 1. The van der Waals surface area contributed by atoms with Crippen LogP contribution >= 0.6 is 0 Å². The van der Waals surface area contributed by atoms with Gasteiger partial charge in [0.25, 0.3) is 5.91 Å². The Morgan fingerprint density at radius 1 is 1.09 bits per heavy atom. The van der Waals surface area contributed by atoms with E-state index in [1.807, 2.05) is 0 Å². The number of carbonyl (C=O) groups excluding carboxylic acids is 1. The van der Waals surface area contributed by atoms with Gasteiger partial charge in [-0.2, -0.15) is 0 Å². The summed E-state index contributed by atoms with van der Waals surface area (Å²) >= 11 is 0. The van der Waals surface area contributed by atoms with E-state index in [0.29, 0.717) is 11.5 Å². The number of ether oxygens (including phenoxy) is 2. The molecule has 4 nitrogen and oxygen atoms in total. The lowest BCUT2D eigenvalue weighted by molar-refractivity contribution is -0.122. The van der Waals surface area contributed by atoms with E-state index in [9.17, 15) is 13.6 Å². The van der Waals surface area contributed by atoms with Gasteiger partial charge in [-0.25, -0.2) is 8.78 Å². The van der Waals surface area contributed by atoms with Crippen molar-refractivity contribution < 1.29 is 23.0 Å². The fraction of sp³-hybridized carbons (Fsp3) is 0.188. The molecule has 0 fully saturated rings. The third-order valence-electron chi connectivity index (χ3n) is 2.86. The molecule has 1 amide bonds. The molecule has 1 N–H and O–H groups in total. The lowest BCUT2D eigenvalue weighted by Crippen LogP contribution is -2.24. The second-order valence-corrected chi connectivity index (χ2v) is 4.46. The quantitative estimate of drug-likeness (QED) is 0.892. The number of hydrogen-bond acceptors (Lipinski definition) is 3. The van der Waals surface area contributed by atoms with E-state index in [0.717, 1.165) is 6.07 Å². The monoisotopic (exact) mass is 307 g/mol. The zero-order valence-corrected chi connectivity index (χ0v) is 11.9. The van der Waals surface area contributed by atoms with Gasteiger partial charge in [-0.05, 0) is 24.3 Å². The van der Waals surface area contributed by atoms with Crippen LogP contribution in [0.5, 0.6) is 11.5 Å². The Hall–Kier alpha value is -2.63. The third-order valence-corrected chi connectivity index (χ3v) is 2.86. The molecule has 0 saturated heterocycles. The van der Waals surface area contributed by atoms with E-state index in [-0.39, 0.29) is 24.7 Å². The summed E-state index contributed by atoms with van der Waals surface area (Å²) in [5.74, 6) is -0.628. The highest BCUT2D eigenvalue weighted by atomic mass is 19.1. The van der Waals surface area contributed by atoms with Gasteiger partial charge >= 0.3 is 0 Å². The Morgan fingerprint density at radius 3 is 2.50 bits per heavy atom. The molecule has 0 bridgehead atoms. The molecule has 0 spiro atoms. The Labute approximate surface area is 126 Å². The number of rotatable bonds is 6. The summed E-state index contributed by atoms with van der Waals surface area (Å²) in [7, 11) is 1.52. The molecule has 0 saturated carbocycles. The number of carbonyl (C=O) groups is 1. The second-order valence-electron chi connectivity index (χ2n) is 4.46. The number of benzene rings is 2. The first kappa shape index (κ1) is 15.8. The highest BCUT2D eigenvalue weighted by Gasteiger charge is 2.06. The van der Waals surface area contributed by atoms with Gasteiger partial charge in [0.05, 0.1) is 0 Å². The van der Waals surface area contributed by atoms with Crippen LogP contribution in [0, 0.1) is 11.6 Å². The van der Waals surface area contributed by atoms with Crippen molar-refractivity contribution >= 4 is 5.91 Å². The highest BCUT2D eigenvalue weighted by Crippen LogP contribution is 2.21. The van der Waals surface area contributed by atoms with E-state index in [4.69, 9.17) is 9.47 Å². The molecule has 22 heavy (non-hydrogen) atoms. The largest absolute Gasteiger partial charge is 0.489 e. The van der Waals surface area contributed by atoms with Crippen molar-refractivity contribution in [1.82, 2.24) is 5.32 Å². The maximum absolute atomic E-state index is 13.5. The van der Waals surface area contributed by atoms with E-state index in [2.05, 4.69) is 5.32 Å². The average Bonchev–Trinajstić information content (AvgIpc) is 2.52. The first-order valence-electron chi connectivity index (χ1n) is 6.58. The minimum absolute atomic E-state index is 0.0367. The summed E-state index contributed by atoms with van der Waals surface area (Å²) in [5.41, 5.74) is 0.248. The Bertz CT molecular complexity index is 662. The van der Waals surface area contributed by atoms with Crippen molar-refractivity contribution in [2.24, 2.45) is 0 Å². The maximum Gasteiger partial charge on any atom is 0.257 e. The predicted molar refractivity (Wildman–Crippen MR) is 76.7 cm³/mol. The summed E-state index contributed by atoms with van der Waals surface area (Å²) in [6, 6.07) is 9.94. The Morgan fingerprint density at radius 2 is 1.82 bits per heavy atom. The average molecular weight is 307 g/mol. The van der Waals surface area contributed by atoms with Crippen molar-refractivity contribution in [3.8, 4) is 11.5 Å². The lowest BCUT2D eigenvalue weighted by Gasteiger charge is -2.09. The number of halogens is 2. The standard InChI is InChI=1S/C16H15F2NO3/c1-19-16(20)10-22-14-4-2-3-13(8-14)21-9-11-5-6-12(17)7-15(11)18/h2-8H,9-10H2,1H3,(H,19,20). The molecule has 0 atom stereocenters. The fourth-order valence-electron chi connectivity index (χ4n) is 1.67. The number of nitrogens with one attached hydrogen (secondary N) is 1. The Kier molecular flexibility index (Phi) is 5.30. The van der Waals surface area contributed by atoms with Gasteiger partial charge in [-0.1, -0.05) is 6.07 Å². The molecule has 0 aliphatic heterocycles. The van der Waals surface area contributed by atoms with E-state index >= 15 is 0 Å². The molecular formula is C16H15F2NO3. The molecule has 0 aliphatic rings. The van der Waals surface area contributed by atoms with Crippen LogP contribution in [0.4, 0.5) is 8.78 Å². The van der Waals surface area contributed by atoms with Crippen molar-refractivity contribution in [2.75, 3.05) is 13.7 Å². The molecule has 2 aromatic carbocycles. The summed E-state index contributed by atoms with van der Waals surface area (Å²) < 4.78 is 37.0. The van der Waals surface area contributed by atoms with Gasteiger partial charge < -0.3 is 14.8 Å². The van der Waals surface area contributed by atoms with Crippen LogP contribution in [0.1, 0.15) is 5.56 Å². The molecule has 0 heterocycles. The van der Waals surface area contributed by atoms with E-state index in [1.54, 1.807) is 24.3 Å².